The van der Waals surface area contributed by atoms with Gasteiger partial charge in [0, 0.05) is 12.6 Å². The van der Waals surface area contributed by atoms with E-state index in [1.807, 2.05) is 51.1 Å². The van der Waals surface area contributed by atoms with Gasteiger partial charge in [0.05, 0.1) is 10.6 Å². The van der Waals surface area contributed by atoms with Crippen molar-refractivity contribution in [1.82, 2.24) is 10.2 Å². The first-order valence-corrected chi connectivity index (χ1v) is 13.9. The molecule has 3 rings (SSSR count). The zero-order valence-corrected chi connectivity index (χ0v) is 22.9. The van der Waals surface area contributed by atoms with E-state index in [1.165, 1.54) is 29.2 Å². The van der Waals surface area contributed by atoms with Crippen molar-refractivity contribution in [3.8, 4) is 0 Å². The third-order valence-corrected chi connectivity index (χ3v) is 7.87. The number of rotatable bonds is 11. The van der Waals surface area contributed by atoms with E-state index in [0.29, 0.717) is 6.42 Å². The number of halogens is 1. The summed E-state index contributed by atoms with van der Waals surface area (Å²) in [6.07, 6.45) is 0.479. The van der Waals surface area contributed by atoms with Gasteiger partial charge in [-0.3, -0.25) is 13.9 Å². The second kappa shape index (κ2) is 12.7. The van der Waals surface area contributed by atoms with Gasteiger partial charge >= 0.3 is 0 Å². The molecule has 0 aliphatic rings. The Kier molecular flexibility index (Phi) is 9.63. The van der Waals surface area contributed by atoms with E-state index >= 15 is 0 Å². The summed E-state index contributed by atoms with van der Waals surface area (Å²) in [5, 5.41) is 2.82. The normalized spacial score (nSPS) is 12.2. The van der Waals surface area contributed by atoms with Crippen LogP contribution in [0.5, 0.6) is 0 Å². The summed E-state index contributed by atoms with van der Waals surface area (Å²) in [6, 6.07) is 19.7. The molecule has 1 atom stereocenters. The molecule has 3 aromatic rings. The number of amides is 2. The molecule has 0 saturated carbocycles. The van der Waals surface area contributed by atoms with Crippen LogP contribution in [0.3, 0.4) is 0 Å². The lowest BCUT2D eigenvalue weighted by atomic mass is 10.1. The molecule has 7 nitrogen and oxygen atoms in total. The minimum absolute atomic E-state index is 0.00154. The summed E-state index contributed by atoms with van der Waals surface area (Å²) in [5.41, 5.74) is 2.00. The van der Waals surface area contributed by atoms with Crippen LogP contribution in [0.1, 0.15) is 31.9 Å². The molecule has 38 heavy (non-hydrogen) atoms. The summed E-state index contributed by atoms with van der Waals surface area (Å²) in [7, 11) is -4.18. The molecule has 0 aliphatic heterocycles. The topological polar surface area (TPSA) is 86.8 Å². The minimum Gasteiger partial charge on any atom is -0.352 e. The Labute approximate surface area is 224 Å². The first-order chi connectivity index (χ1) is 18.0. The Morgan fingerprint density at radius 1 is 0.895 bits per heavy atom. The van der Waals surface area contributed by atoms with Gasteiger partial charge in [-0.2, -0.15) is 0 Å². The lowest BCUT2D eigenvalue weighted by molar-refractivity contribution is -0.139. The van der Waals surface area contributed by atoms with Crippen molar-refractivity contribution in [3.63, 3.8) is 0 Å². The number of anilines is 1. The number of sulfonamides is 1. The molecule has 9 heteroatoms. The van der Waals surface area contributed by atoms with Crippen molar-refractivity contribution in [1.29, 1.82) is 0 Å². The van der Waals surface area contributed by atoms with E-state index in [-0.39, 0.29) is 29.1 Å². The third-order valence-electron chi connectivity index (χ3n) is 6.08. The van der Waals surface area contributed by atoms with Crippen LogP contribution in [0.25, 0.3) is 0 Å². The Morgan fingerprint density at radius 3 is 2.08 bits per heavy atom. The first kappa shape index (κ1) is 28.8. The van der Waals surface area contributed by atoms with Crippen LogP contribution in [-0.2, 0) is 26.0 Å². The fourth-order valence-corrected chi connectivity index (χ4v) is 5.36. The Balaban J connectivity index is 1.97. The van der Waals surface area contributed by atoms with Gasteiger partial charge in [0.25, 0.3) is 10.0 Å². The molecule has 1 unspecified atom stereocenters. The Bertz CT molecular complexity index is 1330. The van der Waals surface area contributed by atoms with E-state index in [2.05, 4.69) is 5.32 Å². The highest BCUT2D eigenvalue weighted by atomic mass is 32.2. The summed E-state index contributed by atoms with van der Waals surface area (Å²) < 4.78 is 42.0. The maximum Gasteiger partial charge on any atom is 0.264 e. The van der Waals surface area contributed by atoms with Crippen LogP contribution in [0, 0.1) is 12.7 Å². The number of nitrogens with one attached hydrogen (secondary N) is 1. The van der Waals surface area contributed by atoms with E-state index in [4.69, 9.17) is 0 Å². The molecule has 0 spiro atoms. The zero-order chi connectivity index (χ0) is 27.9. The predicted octanol–water partition coefficient (Wildman–Crippen LogP) is 4.31. The average molecular weight is 540 g/mol. The Morgan fingerprint density at radius 2 is 1.50 bits per heavy atom. The van der Waals surface area contributed by atoms with Crippen molar-refractivity contribution in [2.24, 2.45) is 0 Å². The van der Waals surface area contributed by atoms with Gasteiger partial charge in [0.1, 0.15) is 18.4 Å². The molecule has 3 aromatic carbocycles. The molecule has 0 radical (unpaired) electrons. The number of aryl methyl sites for hydroxylation is 1. The van der Waals surface area contributed by atoms with Crippen molar-refractivity contribution in [2.45, 2.75) is 51.1 Å². The molecule has 0 aromatic heterocycles. The van der Waals surface area contributed by atoms with E-state index < -0.39 is 34.3 Å². The number of carbonyl (C=O) groups excluding carboxylic acids is 2. The van der Waals surface area contributed by atoms with E-state index in [1.54, 1.807) is 19.1 Å². The van der Waals surface area contributed by atoms with Crippen LogP contribution in [0.15, 0.2) is 83.8 Å². The number of hydrogen-bond acceptors (Lipinski definition) is 4. The van der Waals surface area contributed by atoms with E-state index in [0.717, 1.165) is 27.6 Å². The number of benzene rings is 3. The number of carbonyl (C=O) groups is 2. The smallest absolute Gasteiger partial charge is 0.264 e. The summed E-state index contributed by atoms with van der Waals surface area (Å²) in [5.74, 6) is -1.42. The van der Waals surface area contributed by atoms with Crippen LogP contribution in [0.4, 0.5) is 10.1 Å². The summed E-state index contributed by atoms with van der Waals surface area (Å²) in [4.78, 5) is 28.0. The molecule has 2 amide bonds. The molecule has 0 saturated heterocycles. The van der Waals surface area contributed by atoms with Crippen molar-refractivity contribution < 1.29 is 22.4 Å². The van der Waals surface area contributed by atoms with Gasteiger partial charge in [-0.25, -0.2) is 12.8 Å². The maximum absolute atomic E-state index is 13.7. The van der Waals surface area contributed by atoms with Gasteiger partial charge in [0.2, 0.25) is 11.8 Å². The maximum atomic E-state index is 13.7. The lowest BCUT2D eigenvalue weighted by Crippen LogP contribution is -2.53. The van der Waals surface area contributed by atoms with Crippen LogP contribution in [-0.4, -0.2) is 50.3 Å². The molecular weight excluding hydrogens is 505 g/mol. The zero-order valence-electron chi connectivity index (χ0n) is 22.1. The largest absolute Gasteiger partial charge is 0.352 e. The number of nitrogens with zero attached hydrogens (tertiary/aromatic N) is 2. The average Bonchev–Trinajstić information content (AvgIpc) is 2.88. The van der Waals surface area contributed by atoms with Gasteiger partial charge in [-0.05, 0) is 76.1 Å². The lowest BCUT2D eigenvalue weighted by Gasteiger charge is -2.32. The van der Waals surface area contributed by atoms with Gasteiger partial charge in [-0.1, -0.05) is 48.0 Å². The SMILES string of the molecule is Cc1ccc(S(=O)(=O)N(CC(=O)N(CCc2ccccc2)C(C)C(=O)NC(C)C)c2ccc(F)cc2)cc1. The van der Waals surface area contributed by atoms with Crippen molar-refractivity contribution >= 4 is 27.5 Å². The molecule has 1 N–H and O–H groups in total. The van der Waals surface area contributed by atoms with Crippen LogP contribution in [0.2, 0.25) is 0 Å². The molecule has 0 bridgehead atoms. The van der Waals surface area contributed by atoms with Crippen LogP contribution >= 0.6 is 0 Å². The fourth-order valence-electron chi connectivity index (χ4n) is 3.95. The fraction of sp³-hybridized carbons (Fsp3) is 0.310. The first-order valence-electron chi connectivity index (χ1n) is 12.5. The predicted molar refractivity (Wildman–Crippen MR) is 147 cm³/mol. The summed E-state index contributed by atoms with van der Waals surface area (Å²) in [6.45, 7) is 6.76. The number of hydrogen-bond donors (Lipinski definition) is 1. The molecular formula is C29H34FN3O4S. The van der Waals surface area contributed by atoms with Gasteiger partial charge < -0.3 is 10.2 Å². The second-order valence-electron chi connectivity index (χ2n) is 9.46. The molecule has 0 fully saturated rings. The van der Waals surface area contributed by atoms with Crippen molar-refractivity contribution in [3.05, 3.63) is 95.8 Å². The standard InChI is InChI=1S/C29H34FN3O4S/c1-21(2)31-29(35)23(4)32(19-18-24-8-6-5-7-9-24)28(34)20-33(26-14-12-25(30)13-15-26)38(36,37)27-16-10-22(3)11-17-27/h5-17,21,23H,18-20H2,1-4H3,(H,31,35). The molecule has 0 heterocycles. The van der Waals surface area contributed by atoms with Crippen molar-refractivity contribution in [2.75, 3.05) is 17.4 Å². The quantitative estimate of drug-likeness (QED) is 0.393. The molecule has 0 aliphatic carbocycles. The second-order valence-corrected chi connectivity index (χ2v) is 11.3. The highest BCUT2D eigenvalue weighted by molar-refractivity contribution is 7.92. The Hall–Kier alpha value is -3.72. The van der Waals surface area contributed by atoms with Crippen LogP contribution < -0.4 is 9.62 Å². The highest BCUT2D eigenvalue weighted by Crippen LogP contribution is 2.25. The van der Waals surface area contributed by atoms with Gasteiger partial charge in [-0.15, -0.1) is 0 Å². The van der Waals surface area contributed by atoms with Gasteiger partial charge in [0.15, 0.2) is 0 Å². The summed E-state index contributed by atoms with van der Waals surface area (Å²) >= 11 is 0. The highest BCUT2D eigenvalue weighted by Gasteiger charge is 2.32. The third kappa shape index (κ3) is 7.41. The molecule has 202 valence electrons. The minimum atomic E-state index is -4.18. The van der Waals surface area contributed by atoms with E-state index in [9.17, 15) is 22.4 Å². The monoisotopic (exact) mass is 539 g/mol.